The molecule has 1 heterocycles. The minimum Gasteiger partial charge on any atom is -0.352 e. The summed E-state index contributed by atoms with van der Waals surface area (Å²) in [5, 5.41) is 14.6. The van der Waals surface area contributed by atoms with Crippen molar-refractivity contribution in [3.63, 3.8) is 0 Å². The first-order valence-electron chi connectivity index (χ1n) is 5.16. The van der Waals surface area contributed by atoms with Gasteiger partial charge in [0, 0.05) is 12.6 Å². The summed E-state index contributed by atoms with van der Waals surface area (Å²) in [4.78, 5) is 11.6. The third-order valence-corrected chi connectivity index (χ3v) is 2.61. The molecule has 0 aliphatic carbocycles. The molecule has 0 aromatic heterocycles. The van der Waals surface area contributed by atoms with E-state index in [0.717, 1.165) is 25.9 Å². The summed E-state index contributed by atoms with van der Waals surface area (Å²) < 4.78 is 0. The predicted molar refractivity (Wildman–Crippen MR) is 53.4 cm³/mol. The summed E-state index contributed by atoms with van der Waals surface area (Å²) in [6, 6.07) is 2.11. The van der Waals surface area contributed by atoms with Gasteiger partial charge in [0.05, 0.1) is 18.4 Å². The minimum absolute atomic E-state index is 0.0214. The van der Waals surface area contributed by atoms with E-state index in [1.165, 1.54) is 0 Å². The molecule has 2 unspecified atom stereocenters. The Balaban J connectivity index is 2.34. The molecular formula is C10H17N3O. The Morgan fingerprint density at radius 3 is 3.07 bits per heavy atom. The Morgan fingerprint density at radius 1 is 1.79 bits per heavy atom. The van der Waals surface area contributed by atoms with Crippen molar-refractivity contribution in [1.82, 2.24) is 10.6 Å². The molecule has 4 heteroatoms. The number of hydrogen-bond acceptors (Lipinski definition) is 3. The van der Waals surface area contributed by atoms with Crippen LogP contribution < -0.4 is 10.6 Å². The third-order valence-electron chi connectivity index (χ3n) is 2.61. The van der Waals surface area contributed by atoms with Gasteiger partial charge in [-0.05, 0) is 19.4 Å². The minimum atomic E-state index is 0.0214. The van der Waals surface area contributed by atoms with Gasteiger partial charge in [-0.25, -0.2) is 0 Å². The highest BCUT2D eigenvalue weighted by Gasteiger charge is 2.23. The maximum Gasteiger partial charge on any atom is 0.224 e. The van der Waals surface area contributed by atoms with Crippen molar-refractivity contribution >= 4 is 5.91 Å². The molecule has 1 aliphatic heterocycles. The molecule has 2 N–H and O–H groups in total. The van der Waals surface area contributed by atoms with Gasteiger partial charge in [-0.1, -0.05) is 6.92 Å². The van der Waals surface area contributed by atoms with Crippen LogP contribution in [0.25, 0.3) is 0 Å². The van der Waals surface area contributed by atoms with Gasteiger partial charge in [0.2, 0.25) is 5.91 Å². The van der Waals surface area contributed by atoms with Crippen molar-refractivity contribution in [1.29, 1.82) is 5.26 Å². The zero-order chi connectivity index (χ0) is 10.4. The number of carbonyl (C=O) groups is 1. The quantitative estimate of drug-likeness (QED) is 0.682. The Labute approximate surface area is 84.7 Å². The lowest BCUT2D eigenvalue weighted by Crippen LogP contribution is -2.39. The number of nitrogens with zero attached hydrogens (tertiary/aromatic N) is 1. The van der Waals surface area contributed by atoms with E-state index in [-0.39, 0.29) is 17.9 Å². The van der Waals surface area contributed by atoms with Crippen LogP contribution in [0.4, 0.5) is 0 Å². The number of amides is 1. The summed E-state index contributed by atoms with van der Waals surface area (Å²) in [7, 11) is 0. The highest BCUT2D eigenvalue weighted by molar-refractivity contribution is 5.79. The van der Waals surface area contributed by atoms with Gasteiger partial charge in [-0.3, -0.25) is 4.79 Å². The molecule has 1 fully saturated rings. The lowest BCUT2D eigenvalue weighted by Gasteiger charge is -2.16. The molecule has 0 saturated carbocycles. The summed E-state index contributed by atoms with van der Waals surface area (Å²) in [5.41, 5.74) is 0. The summed E-state index contributed by atoms with van der Waals surface area (Å²) in [5.74, 6) is 0.194. The maximum absolute atomic E-state index is 11.6. The van der Waals surface area contributed by atoms with Crippen molar-refractivity contribution in [2.24, 2.45) is 5.92 Å². The van der Waals surface area contributed by atoms with Crippen LogP contribution in [-0.2, 0) is 4.79 Å². The van der Waals surface area contributed by atoms with Gasteiger partial charge in [0.25, 0.3) is 0 Å². The fraction of sp³-hybridized carbons (Fsp3) is 0.800. The van der Waals surface area contributed by atoms with Crippen molar-refractivity contribution in [3.05, 3.63) is 0 Å². The van der Waals surface area contributed by atoms with Crippen molar-refractivity contribution < 1.29 is 4.79 Å². The van der Waals surface area contributed by atoms with Crippen LogP contribution in [0.2, 0.25) is 0 Å². The van der Waals surface area contributed by atoms with E-state index in [1.807, 2.05) is 6.92 Å². The molecule has 4 nitrogen and oxygen atoms in total. The van der Waals surface area contributed by atoms with Gasteiger partial charge in [0.15, 0.2) is 0 Å². The summed E-state index contributed by atoms with van der Waals surface area (Å²) in [6.45, 7) is 3.68. The Kier molecular flexibility index (Phi) is 4.41. The second-order valence-corrected chi connectivity index (χ2v) is 3.67. The molecule has 1 aliphatic rings. The standard InChI is InChI=1S/C10H17N3O/c1-2-9(3-5-11)13-10(14)8-4-6-12-7-8/h8-9,12H,2-4,6-7H2,1H3,(H,13,14). The van der Waals surface area contributed by atoms with Crippen LogP contribution in [0.15, 0.2) is 0 Å². The van der Waals surface area contributed by atoms with E-state index < -0.39 is 0 Å². The first-order chi connectivity index (χ1) is 6.77. The highest BCUT2D eigenvalue weighted by Crippen LogP contribution is 2.08. The van der Waals surface area contributed by atoms with Crippen LogP contribution in [0.1, 0.15) is 26.2 Å². The normalized spacial score (nSPS) is 22.7. The number of nitriles is 1. The zero-order valence-electron chi connectivity index (χ0n) is 8.55. The van der Waals surface area contributed by atoms with E-state index in [1.54, 1.807) is 0 Å². The number of nitrogens with one attached hydrogen (secondary N) is 2. The van der Waals surface area contributed by atoms with E-state index in [0.29, 0.717) is 6.42 Å². The molecule has 2 atom stereocenters. The first-order valence-corrected chi connectivity index (χ1v) is 5.16. The summed E-state index contributed by atoms with van der Waals surface area (Å²) >= 11 is 0. The van der Waals surface area contributed by atoms with Gasteiger partial charge >= 0.3 is 0 Å². The second kappa shape index (κ2) is 5.61. The SMILES string of the molecule is CCC(CC#N)NC(=O)C1CCNC1. The second-order valence-electron chi connectivity index (χ2n) is 3.67. The molecule has 1 rings (SSSR count). The van der Waals surface area contributed by atoms with Crippen LogP contribution in [0.5, 0.6) is 0 Å². The smallest absolute Gasteiger partial charge is 0.224 e. The summed E-state index contributed by atoms with van der Waals surface area (Å²) in [6.07, 6.45) is 2.14. The Bertz CT molecular complexity index is 228. The lowest BCUT2D eigenvalue weighted by atomic mass is 10.1. The highest BCUT2D eigenvalue weighted by atomic mass is 16.2. The zero-order valence-corrected chi connectivity index (χ0v) is 8.55. The fourth-order valence-corrected chi connectivity index (χ4v) is 1.61. The van der Waals surface area contributed by atoms with Gasteiger partial charge < -0.3 is 10.6 Å². The average Bonchev–Trinajstić information content (AvgIpc) is 2.69. The maximum atomic E-state index is 11.6. The topological polar surface area (TPSA) is 64.9 Å². The third kappa shape index (κ3) is 3.00. The van der Waals surface area contributed by atoms with E-state index in [4.69, 9.17) is 5.26 Å². The van der Waals surface area contributed by atoms with Gasteiger partial charge in [-0.15, -0.1) is 0 Å². The molecule has 1 saturated heterocycles. The van der Waals surface area contributed by atoms with Gasteiger partial charge in [-0.2, -0.15) is 5.26 Å². The Morgan fingerprint density at radius 2 is 2.57 bits per heavy atom. The van der Waals surface area contributed by atoms with Crippen molar-refractivity contribution in [2.75, 3.05) is 13.1 Å². The average molecular weight is 195 g/mol. The van der Waals surface area contributed by atoms with Gasteiger partial charge in [0.1, 0.15) is 0 Å². The number of rotatable bonds is 4. The number of carbonyl (C=O) groups excluding carboxylic acids is 1. The monoisotopic (exact) mass is 195 g/mol. The van der Waals surface area contributed by atoms with Crippen LogP contribution in [-0.4, -0.2) is 25.0 Å². The molecule has 0 spiro atoms. The largest absolute Gasteiger partial charge is 0.352 e. The molecule has 1 amide bonds. The van der Waals surface area contributed by atoms with E-state index in [9.17, 15) is 4.79 Å². The van der Waals surface area contributed by atoms with Crippen molar-refractivity contribution in [2.45, 2.75) is 32.2 Å². The van der Waals surface area contributed by atoms with Crippen LogP contribution in [0.3, 0.4) is 0 Å². The van der Waals surface area contributed by atoms with Crippen LogP contribution in [0, 0.1) is 17.2 Å². The molecule has 0 bridgehead atoms. The first kappa shape index (κ1) is 11.0. The number of hydrogen-bond donors (Lipinski definition) is 2. The fourth-order valence-electron chi connectivity index (χ4n) is 1.61. The molecule has 0 aromatic carbocycles. The molecule has 78 valence electrons. The molecular weight excluding hydrogens is 178 g/mol. The molecule has 14 heavy (non-hydrogen) atoms. The predicted octanol–water partition coefficient (Wildman–Crippen LogP) is 0.404. The van der Waals surface area contributed by atoms with Crippen LogP contribution >= 0.6 is 0 Å². The molecule has 0 aromatic rings. The van der Waals surface area contributed by atoms with E-state index >= 15 is 0 Å². The van der Waals surface area contributed by atoms with E-state index in [2.05, 4.69) is 16.7 Å². The lowest BCUT2D eigenvalue weighted by molar-refractivity contribution is -0.125. The molecule has 0 radical (unpaired) electrons. The van der Waals surface area contributed by atoms with Crippen molar-refractivity contribution in [3.8, 4) is 6.07 Å². The Hall–Kier alpha value is -1.08.